The summed E-state index contributed by atoms with van der Waals surface area (Å²) < 4.78 is 0. The summed E-state index contributed by atoms with van der Waals surface area (Å²) in [6, 6.07) is 0. The van der Waals surface area contributed by atoms with Crippen LogP contribution in [0.3, 0.4) is 0 Å². The Hall–Kier alpha value is -0.0800. The van der Waals surface area contributed by atoms with Crippen molar-refractivity contribution in [2.75, 3.05) is 6.54 Å². The number of hydrogen-bond donors (Lipinski definition) is 2. The lowest BCUT2D eigenvalue weighted by atomic mass is 9.85. The van der Waals surface area contributed by atoms with E-state index in [1.807, 2.05) is 13.8 Å². The summed E-state index contributed by atoms with van der Waals surface area (Å²) in [5, 5.41) is 10.1. The van der Waals surface area contributed by atoms with Gasteiger partial charge in [-0.1, -0.05) is 46.5 Å². The molecule has 0 aromatic rings. The standard InChI is InChI=1S/C11H25NO/c1-4-5-6-7-8-11(13,9-12)10(2)3/h10,13H,4-9,12H2,1-3H3. The van der Waals surface area contributed by atoms with Gasteiger partial charge in [0.25, 0.3) is 0 Å². The first-order chi connectivity index (χ1) is 6.06. The normalized spacial score (nSPS) is 16.2. The largest absolute Gasteiger partial charge is 0.388 e. The lowest BCUT2D eigenvalue weighted by Crippen LogP contribution is -2.42. The SMILES string of the molecule is CCCCCCC(O)(CN)C(C)C. The van der Waals surface area contributed by atoms with Gasteiger partial charge in [-0.3, -0.25) is 0 Å². The molecule has 0 aromatic heterocycles. The monoisotopic (exact) mass is 187 g/mol. The Kier molecular flexibility index (Phi) is 6.35. The third kappa shape index (κ3) is 4.63. The fourth-order valence-electron chi connectivity index (χ4n) is 1.48. The van der Waals surface area contributed by atoms with Gasteiger partial charge in [0.1, 0.15) is 0 Å². The second-order valence-electron chi connectivity index (χ2n) is 4.27. The number of hydrogen-bond acceptors (Lipinski definition) is 2. The molecule has 0 saturated carbocycles. The molecule has 0 aliphatic rings. The predicted octanol–water partition coefficient (Wildman–Crippen LogP) is 2.30. The fraction of sp³-hybridized carbons (Fsp3) is 1.00. The molecule has 0 amide bonds. The minimum absolute atomic E-state index is 0.263. The van der Waals surface area contributed by atoms with E-state index in [0.717, 1.165) is 12.8 Å². The van der Waals surface area contributed by atoms with Crippen LogP contribution < -0.4 is 5.73 Å². The third-order valence-electron chi connectivity index (χ3n) is 2.89. The first-order valence-corrected chi connectivity index (χ1v) is 5.49. The van der Waals surface area contributed by atoms with Gasteiger partial charge in [0.2, 0.25) is 0 Å². The highest BCUT2D eigenvalue weighted by Gasteiger charge is 2.28. The molecule has 0 radical (unpaired) electrons. The Morgan fingerprint density at radius 1 is 1.23 bits per heavy atom. The van der Waals surface area contributed by atoms with E-state index in [2.05, 4.69) is 6.92 Å². The van der Waals surface area contributed by atoms with Crippen molar-refractivity contribution in [3.05, 3.63) is 0 Å². The molecule has 0 aromatic carbocycles. The summed E-state index contributed by atoms with van der Waals surface area (Å²) in [6.45, 7) is 6.65. The molecule has 0 aliphatic heterocycles. The fourth-order valence-corrected chi connectivity index (χ4v) is 1.48. The van der Waals surface area contributed by atoms with E-state index in [1.54, 1.807) is 0 Å². The van der Waals surface area contributed by atoms with Gasteiger partial charge in [-0.25, -0.2) is 0 Å². The molecule has 80 valence electrons. The van der Waals surface area contributed by atoms with Crippen LogP contribution in [0.1, 0.15) is 52.9 Å². The maximum Gasteiger partial charge on any atom is 0.0792 e. The molecule has 13 heavy (non-hydrogen) atoms. The van der Waals surface area contributed by atoms with Crippen molar-refractivity contribution < 1.29 is 5.11 Å². The van der Waals surface area contributed by atoms with Crippen LogP contribution in [0.5, 0.6) is 0 Å². The van der Waals surface area contributed by atoms with Crippen molar-refractivity contribution in [2.45, 2.75) is 58.5 Å². The van der Waals surface area contributed by atoms with Crippen LogP contribution in [0.15, 0.2) is 0 Å². The van der Waals surface area contributed by atoms with Crippen molar-refractivity contribution in [3.63, 3.8) is 0 Å². The highest BCUT2D eigenvalue weighted by atomic mass is 16.3. The van der Waals surface area contributed by atoms with E-state index in [-0.39, 0.29) is 5.92 Å². The topological polar surface area (TPSA) is 46.2 Å². The second kappa shape index (κ2) is 6.39. The summed E-state index contributed by atoms with van der Waals surface area (Å²) in [6.07, 6.45) is 5.66. The van der Waals surface area contributed by atoms with Crippen molar-refractivity contribution in [2.24, 2.45) is 11.7 Å². The van der Waals surface area contributed by atoms with Crippen molar-refractivity contribution in [1.82, 2.24) is 0 Å². The number of unbranched alkanes of at least 4 members (excludes halogenated alkanes) is 3. The van der Waals surface area contributed by atoms with Crippen LogP contribution in [0, 0.1) is 5.92 Å². The quantitative estimate of drug-likeness (QED) is 0.601. The first kappa shape index (κ1) is 12.9. The predicted molar refractivity (Wildman–Crippen MR) is 57.6 cm³/mol. The minimum atomic E-state index is -0.631. The van der Waals surface area contributed by atoms with Crippen LogP contribution in [0.4, 0.5) is 0 Å². The minimum Gasteiger partial charge on any atom is -0.388 e. The number of nitrogens with two attached hydrogens (primary N) is 1. The Labute approximate surface area is 82.5 Å². The smallest absolute Gasteiger partial charge is 0.0792 e. The van der Waals surface area contributed by atoms with Gasteiger partial charge in [-0.05, 0) is 12.3 Å². The van der Waals surface area contributed by atoms with Crippen LogP contribution in [-0.2, 0) is 0 Å². The number of aliphatic hydroxyl groups is 1. The Bertz CT molecular complexity index is 125. The molecule has 1 atom stereocenters. The van der Waals surface area contributed by atoms with E-state index in [1.165, 1.54) is 19.3 Å². The van der Waals surface area contributed by atoms with E-state index in [9.17, 15) is 5.11 Å². The molecule has 0 saturated heterocycles. The zero-order valence-electron chi connectivity index (χ0n) is 9.34. The molecular weight excluding hydrogens is 162 g/mol. The Morgan fingerprint density at radius 3 is 2.23 bits per heavy atom. The zero-order valence-corrected chi connectivity index (χ0v) is 9.34. The lowest BCUT2D eigenvalue weighted by Gasteiger charge is -2.30. The molecule has 1 unspecified atom stereocenters. The zero-order chi connectivity index (χ0) is 10.3. The maximum absolute atomic E-state index is 10.1. The Morgan fingerprint density at radius 2 is 1.85 bits per heavy atom. The van der Waals surface area contributed by atoms with E-state index in [0.29, 0.717) is 6.54 Å². The molecule has 0 rings (SSSR count). The summed E-state index contributed by atoms with van der Waals surface area (Å²) in [4.78, 5) is 0. The molecule has 2 nitrogen and oxygen atoms in total. The average Bonchev–Trinajstić information content (AvgIpc) is 2.12. The van der Waals surface area contributed by atoms with Crippen molar-refractivity contribution >= 4 is 0 Å². The molecule has 2 heteroatoms. The highest BCUT2D eigenvalue weighted by molar-refractivity contribution is 4.82. The molecule has 0 spiro atoms. The van der Waals surface area contributed by atoms with Gasteiger partial charge in [-0.15, -0.1) is 0 Å². The van der Waals surface area contributed by atoms with Crippen LogP contribution in [0.25, 0.3) is 0 Å². The van der Waals surface area contributed by atoms with Gasteiger partial charge in [0.05, 0.1) is 5.60 Å². The average molecular weight is 187 g/mol. The Balaban J connectivity index is 3.71. The second-order valence-corrected chi connectivity index (χ2v) is 4.27. The molecular formula is C11H25NO. The van der Waals surface area contributed by atoms with E-state index < -0.39 is 5.60 Å². The van der Waals surface area contributed by atoms with Crippen molar-refractivity contribution in [3.8, 4) is 0 Å². The lowest BCUT2D eigenvalue weighted by molar-refractivity contribution is -0.00647. The highest BCUT2D eigenvalue weighted by Crippen LogP contribution is 2.22. The van der Waals surface area contributed by atoms with Gasteiger partial charge >= 0.3 is 0 Å². The van der Waals surface area contributed by atoms with Gasteiger partial charge in [0, 0.05) is 6.54 Å². The molecule has 0 aliphatic carbocycles. The van der Waals surface area contributed by atoms with Crippen LogP contribution in [0.2, 0.25) is 0 Å². The van der Waals surface area contributed by atoms with Gasteiger partial charge < -0.3 is 10.8 Å². The van der Waals surface area contributed by atoms with E-state index >= 15 is 0 Å². The summed E-state index contributed by atoms with van der Waals surface area (Å²) in [5.41, 5.74) is 4.94. The summed E-state index contributed by atoms with van der Waals surface area (Å²) in [5.74, 6) is 0.263. The van der Waals surface area contributed by atoms with E-state index in [4.69, 9.17) is 5.73 Å². The molecule has 0 fully saturated rings. The summed E-state index contributed by atoms with van der Waals surface area (Å²) >= 11 is 0. The first-order valence-electron chi connectivity index (χ1n) is 5.49. The molecule has 0 bridgehead atoms. The summed E-state index contributed by atoms with van der Waals surface area (Å²) in [7, 11) is 0. The van der Waals surface area contributed by atoms with Crippen LogP contribution in [-0.4, -0.2) is 17.3 Å². The molecule has 3 N–H and O–H groups in total. The van der Waals surface area contributed by atoms with Gasteiger partial charge in [0.15, 0.2) is 0 Å². The molecule has 0 heterocycles. The number of rotatable bonds is 7. The maximum atomic E-state index is 10.1. The third-order valence-corrected chi connectivity index (χ3v) is 2.89. The van der Waals surface area contributed by atoms with Crippen molar-refractivity contribution in [1.29, 1.82) is 0 Å². The van der Waals surface area contributed by atoms with Crippen LogP contribution >= 0.6 is 0 Å². The van der Waals surface area contributed by atoms with Gasteiger partial charge in [-0.2, -0.15) is 0 Å².